The average Bonchev–Trinajstić information content (AvgIpc) is 3.23. The minimum Gasteiger partial charge on any atom is -0.467 e. The molecular formula is C19H19N5O3. The van der Waals surface area contributed by atoms with Crippen molar-refractivity contribution in [3.8, 4) is 0 Å². The standard InChI is InChI=1S/C19H19N5O3/c25-18(23-12-15-3-6-20-7-4-15)5-10-24(14-16-2-1-11-27-16)19(26)17-13-21-8-9-22-17/h1-4,6-9,11,13H,5,10,12,14H2,(H,23,25). The van der Waals surface area contributed by atoms with E-state index < -0.39 is 0 Å². The van der Waals surface area contributed by atoms with Crippen molar-refractivity contribution in [3.63, 3.8) is 0 Å². The molecule has 8 nitrogen and oxygen atoms in total. The molecule has 0 saturated heterocycles. The lowest BCUT2D eigenvalue weighted by molar-refractivity contribution is -0.121. The zero-order chi connectivity index (χ0) is 18.9. The first-order valence-corrected chi connectivity index (χ1v) is 8.45. The van der Waals surface area contributed by atoms with E-state index in [0.717, 1.165) is 5.56 Å². The summed E-state index contributed by atoms with van der Waals surface area (Å²) in [7, 11) is 0. The Morgan fingerprint density at radius 1 is 1.07 bits per heavy atom. The van der Waals surface area contributed by atoms with Crippen LogP contribution in [-0.4, -0.2) is 38.2 Å². The summed E-state index contributed by atoms with van der Waals surface area (Å²) >= 11 is 0. The number of furan rings is 1. The zero-order valence-corrected chi connectivity index (χ0v) is 14.6. The molecule has 0 fully saturated rings. The fourth-order valence-electron chi connectivity index (χ4n) is 2.44. The van der Waals surface area contributed by atoms with Gasteiger partial charge in [0.1, 0.15) is 11.5 Å². The van der Waals surface area contributed by atoms with E-state index in [0.29, 0.717) is 12.3 Å². The zero-order valence-electron chi connectivity index (χ0n) is 14.6. The number of hydrogen-bond acceptors (Lipinski definition) is 6. The molecule has 27 heavy (non-hydrogen) atoms. The van der Waals surface area contributed by atoms with E-state index in [9.17, 15) is 9.59 Å². The molecule has 0 atom stereocenters. The second-order valence-corrected chi connectivity index (χ2v) is 5.78. The van der Waals surface area contributed by atoms with Gasteiger partial charge >= 0.3 is 0 Å². The lowest BCUT2D eigenvalue weighted by Crippen LogP contribution is -2.35. The first-order chi connectivity index (χ1) is 13.2. The van der Waals surface area contributed by atoms with Crippen molar-refractivity contribution in [3.05, 3.63) is 78.5 Å². The fourth-order valence-corrected chi connectivity index (χ4v) is 2.44. The molecule has 0 aliphatic heterocycles. The number of carbonyl (C=O) groups excluding carboxylic acids is 2. The molecule has 0 spiro atoms. The Bertz CT molecular complexity index is 854. The van der Waals surface area contributed by atoms with Crippen LogP contribution in [0.25, 0.3) is 0 Å². The number of amides is 2. The van der Waals surface area contributed by atoms with Gasteiger partial charge in [0.25, 0.3) is 5.91 Å². The van der Waals surface area contributed by atoms with Gasteiger partial charge in [-0.15, -0.1) is 0 Å². The number of aromatic nitrogens is 3. The van der Waals surface area contributed by atoms with Gasteiger partial charge in [-0.1, -0.05) is 0 Å². The predicted molar refractivity (Wildman–Crippen MR) is 96.2 cm³/mol. The van der Waals surface area contributed by atoms with Crippen LogP contribution in [0.3, 0.4) is 0 Å². The maximum Gasteiger partial charge on any atom is 0.274 e. The highest BCUT2D eigenvalue weighted by molar-refractivity contribution is 5.92. The Balaban J connectivity index is 1.59. The Labute approximate surface area is 156 Å². The van der Waals surface area contributed by atoms with Crippen LogP contribution >= 0.6 is 0 Å². The molecule has 8 heteroatoms. The molecule has 2 amide bonds. The van der Waals surface area contributed by atoms with Gasteiger partial charge in [-0.3, -0.25) is 19.6 Å². The van der Waals surface area contributed by atoms with E-state index in [1.54, 1.807) is 30.8 Å². The second kappa shape index (κ2) is 9.23. The van der Waals surface area contributed by atoms with Gasteiger partial charge in [0.05, 0.1) is 19.0 Å². The van der Waals surface area contributed by atoms with Crippen molar-refractivity contribution >= 4 is 11.8 Å². The first-order valence-electron chi connectivity index (χ1n) is 8.45. The molecule has 0 aromatic carbocycles. The van der Waals surface area contributed by atoms with Gasteiger partial charge in [0.2, 0.25) is 5.91 Å². The summed E-state index contributed by atoms with van der Waals surface area (Å²) in [6.07, 6.45) is 9.42. The van der Waals surface area contributed by atoms with Crippen LogP contribution in [0.1, 0.15) is 28.2 Å². The third-order valence-corrected chi connectivity index (χ3v) is 3.84. The highest BCUT2D eigenvalue weighted by Crippen LogP contribution is 2.10. The van der Waals surface area contributed by atoms with Gasteiger partial charge in [-0.2, -0.15) is 0 Å². The number of pyridine rings is 1. The smallest absolute Gasteiger partial charge is 0.274 e. The van der Waals surface area contributed by atoms with Crippen LogP contribution in [0.4, 0.5) is 0 Å². The lowest BCUT2D eigenvalue weighted by atomic mass is 10.2. The molecular weight excluding hydrogens is 346 g/mol. The van der Waals surface area contributed by atoms with Crippen LogP contribution in [0.5, 0.6) is 0 Å². The summed E-state index contributed by atoms with van der Waals surface area (Å²) in [5, 5.41) is 2.84. The van der Waals surface area contributed by atoms with Crippen LogP contribution in [0.2, 0.25) is 0 Å². The monoisotopic (exact) mass is 365 g/mol. The van der Waals surface area contributed by atoms with E-state index in [1.807, 2.05) is 12.1 Å². The normalized spacial score (nSPS) is 10.4. The number of nitrogens with zero attached hydrogens (tertiary/aromatic N) is 4. The Hall–Kier alpha value is -3.55. The summed E-state index contributed by atoms with van der Waals surface area (Å²) in [5.74, 6) is 0.175. The van der Waals surface area contributed by atoms with Crippen molar-refractivity contribution in [1.82, 2.24) is 25.2 Å². The van der Waals surface area contributed by atoms with Crippen LogP contribution < -0.4 is 5.32 Å². The topological polar surface area (TPSA) is 101 Å². The van der Waals surface area contributed by atoms with E-state index >= 15 is 0 Å². The second-order valence-electron chi connectivity index (χ2n) is 5.78. The molecule has 3 aromatic heterocycles. The van der Waals surface area contributed by atoms with Crippen molar-refractivity contribution in [2.45, 2.75) is 19.5 Å². The van der Waals surface area contributed by atoms with E-state index in [4.69, 9.17) is 4.42 Å². The minimum atomic E-state index is -0.304. The van der Waals surface area contributed by atoms with Crippen LogP contribution in [0, 0.1) is 0 Å². The summed E-state index contributed by atoms with van der Waals surface area (Å²) in [6.45, 7) is 0.899. The maximum absolute atomic E-state index is 12.7. The van der Waals surface area contributed by atoms with Crippen molar-refractivity contribution in [2.75, 3.05) is 6.54 Å². The van der Waals surface area contributed by atoms with E-state index in [-0.39, 0.29) is 37.0 Å². The van der Waals surface area contributed by atoms with Gasteiger partial charge in [-0.25, -0.2) is 4.98 Å². The van der Waals surface area contributed by atoms with Crippen molar-refractivity contribution < 1.29 is 14.0 Å². The van der Waals surface area contributed by atoms with E-state index in [1.165, 1.54) is 23.5 Å². The summed E-state index contributed by atoms with van der Waals surface area (Å²) in [5.41, 5.74) is 1.18. The largest absolute Gasteiger partial charge is 0.467 e. The Morgan fingerprint density at radius 3 is 2.63 bits per heavy atom. The molecule has 0 aliphatic rings. The number of hydrogen-bond donors (Lipinski definition) is 1. The average molecular weight is 365 g/mol. The van der Waals surface area contributed by atoms with E-state index in [2.05, 4.69) is 20.3 Å². The van der Waals surface area contributed by atoms with Gasteiger partial charge in [0, 0.05) is 44.3 Å². The van der Waals surface area contributed by atoms with Crippen LogP contribution in [0.15, 0.2) is 65.9 Å². The van der Waals surface area contributed by atoms with Crippen molar-refractivity contribution in [2.24, 2.45) is 0 Å². The molecule has 3 aromatic rings. The summed E-state index contributed by atoms with van der Waals surface area (Å²) in [4.78, 5) is 38.3. The SMILES string of the molecule is O=C(CCN(Cc1ccco1)C(=O)c1cnccn1)NCc1ccncc1. The third-order valence-electron chi connectivity index (χ3n) is 3.84. The molecule has 1 N–H and O–H groups in total. The Kier molecular flexibility index (Phi) is 6.24. The fraction of sp³-hybridized carbons (Fsp3) is 0.211. The highest BCUT2D eigenvalue weighted by Gasteiger charge is 2.19. The first kappa shape index (κ1) is 18.2. The quantitative estimate of drug-likeness (QED) is 0.653. The molecule has 0 radical (unpaired) electrons. The Morgan fingerprint density at radius 2 is 1.93 bits per heavy atom. The van der Waals surface area contributed by atoms with Crippen molar-refractivity contribution in [1.29, 1.82) is 0 Å². The summed E-state index contributed by atoms with van der Waals surface area (Å²) < 4.78 is 5.33. The number of carbonyl (C=O) groups is 2. The molecule has 0 unspecified atom stereocenters. The minimum absolute atomic E-state index is 0.150. The molecule has 0 bridgehead atoms. The predicted octanol–water partition coefficient (Wildman–Crippen LogP) is 1.81. The van der Waals surface area contributed by atoms with Gasteiger partial charge in [-0.05, 0) is 29.8 Å². The maximum atomic E-state index is 12.7. The molecule has 138 valence electrons. The third kappa shape index (κ3) is 5.46. The summed E-state index contributed by atoms with van der Waals surface area (Å²) in [6, 6.07) is 7.20. The van der Waals surface area contributed by atoms with Gasteiger partial charge < -0.3 is 14.6 Å². The molecule has 3 heterocycles. The molecule has 0 aliphatic carbocycles. The molecule has 0 saturated carbocycles. The lowest BCUT2D eigenvalue weighted by Gasteiger charge is -2.21. The van der Waals surface area contributed by atoms with Gasteiger partial charge in [0.15, 0.2) is 0 Å². The van der Waals surface area contributed by atoms with Crippen LogP contribution in [-0.2, 0) is 17.9 Å². The molecule has 3 rings (SSSR count). The number of rotatable bonds is 8. The number of nitrogens with one attached hydrogen (secondary N) is 1. The highest BCUT2D eigenvalue weighted by atomic mass is 16.3.